The highest BCUT2D eigenvalue weighted by molar-refractivity contribution is 5.97. The Morgan fingerprint density at radius 3 is 2.66 bits per heavy atom. The van der Waals surface area contributed by atoms with Crippen LogP contribution in [0.4, 0.5) is 5.69 Å². The average Bonchev–Trinajstić information content (AvgIpc) is 3.53. The first-order valence-corrected chi connectivity index (χ1v) is 11.8. The first-order valence-electron chi connectivity index (χ1n) is 11.8. The zero-order valence-electron chi connectivity index (χ0n) is 18.3. The van der Waals surface area contributed by atoms with Crippen LogP contribution in [0.2, 0.25) is 0 Å². The van der Waals surface area contributed by atoms with Crippen LogP contribution < -0.4 is 16.4 Å². The number of pyridine rings is 2. The van der Waals surface area contributed by atoms with E-state index in [-0.39, 0.29) is 11.9 Å². The first-order chi connectivity index (χ1) is 15.5. The Kier molecular flexibility index (Phi) is 4.47. The molecule has 0 bridgehead atoms. The molecule has 6 nitrogen and oxygen atoms in total. The highest BCUT2D eigenvalue weighted by atomic mass is 16.1. The van der Waals surface area contributed by atoms with Gasteiger partial charge in [0.05, 0.1) is 22.3 Å². The Bertz CT molecular complexity index is 1230. The van der Waals surface area contributed by atoms with Gasteiger partial charge in [-0.1, -0.05) is 6.07 Å². The molecule has 0 spiro atoms. The van der Waals surface area contributed by atoms with Gasteiger partial charge in [0.15, 0.2) is 0 Å². The van der Waals surface area contributed by atoms with Gasteiger partial charge in [-0.15, -0.1) is 0 Å². The summed E-state index contributed by atoms with van der Waals surface area (Å²) in [5, 5.41) is 1.20. The number of carbonyl (C=O) groups excluding carboxylic acids is 1. The fourth-order valence-corrected chi connectivity index (χ4v) is 5.56. The number of hydrogen-bond acceptors (Lipinski definition) is 5. The summed E-state index contributed by atoms with van der Waals surface area (Å²) in [6, 6.07) is 10.8. The summed E-state index contributed by atoms with van der Waals surface area (Å²) in [4.78, 5) is 24.1. The largest absolute Gasteiger partial charge is 0.369 e. The van der Waals surface area contributed by atoms with Crippen molar-refractivity contribution in [1.29, 1.82) is 0 Å². The summed E-state index contributed by atoms with van der Waals surface area (Å²) >= 11 is 0. The van der Waals surface area contributed by atoms with Gasteiger partial charge < -0.3 is 16.4 Å². The molecule has 1 saturated heterocycles. The van der Waals surface area contributed by atoms with E-state index in [1.807, 2.05) is 12.1 Å². The van der Waals surface area contributed by atoms with Gasteiger partial charge in [-0.05, 0) is 85.9 Å². The topological polar surface area (TPSA) is 98.1 Å². The predicted molar refractivity (Wildman–Crippen MR) is 127 cm³/mol. The molecule has 1 amide bonds. The van der Waals surface area contributed by atoms with Crippen molar-refractivity contribution in [3.8, 4) is 11.1 Å². The molecule has 6 rings (SSSR count). The summed E-state index contributed by atoms with van der Waals surface area (Å²) in [5.74, 6) is -0.274. The van der Waals surface area contributed by atoms with Gasteiger partial charge in [0.2, 0.25) is 5.91 Å². The zero-order chi connectivity index (χ0) is 21.9. The monoisotopic (exact) mass is 427 g/mol. The van der Waals surface area contributed by atoms with Crippen molar-refractivity contribution in [1.82, 2.24) is 9.97 Å². The van der Waals surface area contributed by atoms with Gasteiger partial charge in [0, 0.05) is 36.4 Å². The van der Waals surface area contributed by atoms with E-state index in [2.05, 4.69) is 28.1 Å². The molecule has 3 aromatic rings. The van der Waals surface area contributed by atoms with Crippen LogP contribution in [0.25, 0.3) is 22.0 Å². The Labute approximate surface area is 188 Å². The minimum Gasteiger partial charge on any atom is -0.369 e. The lowest BCUT2D eigenvalue weighted by Crippen LogP contribution is -2.29. The maximum absolute atomic E-state index is 12.0. The summed E-state index contributed by atoms with van der Waals surface area (Å²) in [6.07, 6.45) is 8.97. The number of aryl methyl sites for hydroxylation is 1. The molecule has 0 radical (unpaired) electrons. The number of primary amides is 1. The number of rotatable bonds is 4. The van der Waals surface area contributed by atoms with Crippen LogP contribution >= 0.6 is 0 Å². The van der Waals surface area contributed by atoms with Crippen LogP contribution in [0.3, 0.4) is 0 Å². The van der Waals surface area contributed by atoms with E-state index in [4.69, 9.17) is 16.5 Å². The van der Waals surface area contributed by atoms with Crippen LogP contribution in [0.5, 0.6) is 0 Å². The molecule has 1 atom stereocenters. The van der Waals surface area contributed by atoms with Crippen LogP contribution in [0, 0.1) is 0 Å². The average molecular weight is 428 g/mol. The smallest absolute Gasteiger partial charge is 0.229 e. The summed E-state index contributed by atoms with van der Waals surface area (Å²) < 4.78 is 0. The highest BCUT2D eigenvalue weighted by Crippen LogP contribution is 2.48. The quantitative estimate of drug-likeness (QED) is 0.666. The molecule has 3 heterocycles. The lowest BCUT2D eigenvalue weighted by molar-refractivity contribution is -0.120. The number of amides is 1. The van der Waals surface area contributed by atoms with Crippen LogP contribution in [0.15, 0.2) is 36.5 Å². The van der Waals surface area contributed by atoms with Gasteiger partial charge in [-0.25, -0.2) is 0 Å². The van der Waals surface area contributed by atoms with Crippen molar-refractivity contribution < 1.29 is 4.79 Å². The maximum Gasteiger partial charge on any atom is 0.229 e. The van der Waals surface area contributed by atoms with E-state index >= 15 is 0 Å². The number of benzene rings is 1. The highest BCUT2D eigenvalue weighted by Gasteiger charge is 2.51. The summed E-state index contributed by atoms with van der Waals surface area (Å²) in [7, 11) is 0. The van der Waals surface area contributed by atoms with Crippen molar-refractivity contribution in [2.45, 2.75) is 56.4 Å². The fraction of sp³-hybridized carbons (Fsp3) is 0.423. The number of nitrogens with zero attached hydrogens (tertiary/aromatic N) is 3. The maximum atomic E-state index is 12.0. The van der Waals surface area contributed by atoms with E-state index in [1.165, 1.54) is 35.2 Å². The lowest BCUT2D eigenvalue weighted by Gasteiger charge is -2.28. The van der Waals surface area contributed by atoms with Crippen molar-refractivity contribution >= 4 is 22.5 Å². The van der Waals surface area contributed by atoms with Gasteiger partial charge >= 0.3 is 0 Å². The van der Waals surface area contributed by atoms with Crippen molar-refractivity contribution in [2.75, 3.05) is 18.0 Å². The molecule has 1 aromatic carbocycles. The van der Waals surface area contributed by atoms with Gasteiger partial charge in [-0.2, -0.15) is 0 Å². The number of anilines is 1. The molecule has 1 saturated carbocycles. The van der Waals surface area contributed by atoms with E-state index in [0.29, 0.717) is 0 Å². The number of nitrogens with two attached hydrogens (primary N) is 2. The molecule has 6 heteroatoms. The Morgan fingerprint density at radius 1 is 1.09 bits per heavy atom. The third-order valence-corrected chi connectivity index (χ3v) is 7.58. The second-order valence-corrected chi connectivity index (χ2v) is 9.70. The lowest BCUT2D eigenvalue weighted by atomic mass is 9.91. The molecule has 2 fully saturated rings. The molecular formula is C26H29N5O. The van der Waals surface area contributed by atoms with Crippen LogP contribution in [-0.4, -0.2) is 35.0 Å². The molecule has 2 aliphatic carbocycles. The zero-order valence-corrected chi connectivity index (χ0v) is 18.3. The van der Waals surface area contributed by atoms with E-state index in [1.54, 1.807) is 6.20 Å². The Balaban J connectivity index is 1.50. The number of fused-ring (bicyclic) bond motifs is 2. The molecule has 1 aliphatic heterocycles. The summed E-state index contributed by atoms with van der Waals surface area (Å²) in [6.45, 7) is 1.90. The summed E-state index contributed by atoms with van der Waals surface area (Å²) in [5.41, 5.74) is 19.4. The molecular weight excluding hydrogens is 398 g/mol. The predicted octanol–water partition coefficient (Wildman–Crippen LogP) is 3.23. The van der Waals surface area contributed by atoms with E-state index in [0.717, 1.165) is 67.5 Å². The molecule has 32 heavy (non-hydrogen) atoms. The molecule has 164 valence electrons. The van der Waals surface area contributed by atoms with Gasteiger partial charge in [-0.3, -0.25) is 14.8 Å². The standard InChI is InChI=1S/C26H29N5O/c27-18-8-12-31(15-18)24-19-3-1-2-4-21(19)30-22-6-5-16(13-20(22)24)17-7-11-29-23(14-17)26(9-10-26)25(28)32/h5-7,11,13-14,18H,1-4,8-10,12,15,27H2,(H2,28,32)/t18-/m1/s1. The Morgan fingerprint density at radius 2 is 1.91 bits per heavy atom. The second kappa shape index (κ2) is 7.27. The second-order valence-electron chi connectivity index (χ2n) is 9.70. The minimum absolute atomic E-state index is 0.229. The van der Waals surface area contributed by atoms with Crippen molar-refractivity contribution in [2.24, 2.45) is 11.5 Å². The van der Waals surface area contributed by atoms with Gasteiger partial charge in [0.1, 0.15) is 0 Å². The molecule has 2 aromatic heterocycles. The van der Waals surface area contributed by atoms with Crippen LogP contribution in [0.1, 0.15) is 49.1 Å². The molecule has 0 unspecified atom stereocenters. The molecule has 3 aliphatic rings. The van der Waals surface area contributed by atoms with Crippen LogP contribution in [-0.2, 0) is 23.1 Å². The third-order valence-electron chi connectivity index (χ3n) is 7.58. The van der Waals surface area contributed by atoms with Crippen molar-refractivity contribution in [3.63, 3.8) is 0 Å². The first kappa shape index (κ1) is 19.7. The third kappa shape index (κ3) is 3.08. The molecule has 4 N–H and O–H groups in total. The number of aromatic nitrogens is 2. The number of carbonyl (C=O) groups is 1. The normalized spacial score (nSPS) is 21.5. The van der Waals surface area contributed by atoms with Crippen molar-refractivity contribution in [3.05, 3.63) is 53.5 Å². The van der Waals surface area contributed by atoms with Gasteiger partial charge in [0.25, 0.3) is 0 Å². The Hall–Kier alpha value is -2.99. The van der Waals surface area contributed by atoms with E-state index < -0.39 is 5.41 Å². The van der Waals surface area contributed by atoms with E-state index in [9.17, 15) is 4.79 Å². The fourth-order valence-electron chi connectivity index (χ4n) is 5.56. The minimum atomic E-state index is -0.579. The number of hydrogen-bond donors (Lipinski definition) is 2. The SMILES string of the molecule is NC(=O)C1(c2cc(-c3ccc4nc5c(c(N6CC[C@@H](N)C6)c4c3)CCCC5)ccn2)CC1.